The van der Waals surface area contributed by atoms with Gasteiger partial charge in [0, 0.05) is 6.08 Å². The Labute approximate surface area is 93.9 Å². The number of hydrogen-bond acceptors (Lipinski definition) is 3. The molecule has 0 aromatic heterocycles. The molecule has 0 fully saturated rings. The first kappa shape index (κ1) is 14.1. The Balaban J connectivity index is 4.24. The van der Waals surface area contributed by atoms with Crippen LogP contribution in [0.5, 0.6) is 0 Å². The van der Waals surface area contributed by atoms with Crippen molar-refractivity contribution in [1.82, 2.24) is 0 Å². The fraction of sp³-hybridized carbons (Fsp3) is 0.636. The van der Waals surface area contributed by atoms with Crippen molar-refractivity contribution in [3.05, 3.63) is 24.4 Å². The Kier molecular flexibility index (Phi) is 6.95. The highest BCUT2D eigenvalue weighted by Gasteiger charge is 2.13. The first-order valence-electron chi connectivity index (χ1n) is 5.28. The minimum absolute atomic E-state index is 0.622. The average Bonchev–Trinajstić information content (AvgIpc) is 2.13. The van der Waals surface area contributed by atoms with Gasteiger partial charge in [-0.15, -0.1) is 0 Å². The van der Waals surface area contributed by atoms with Gasteiger partial charge in [-0.3, -0.25) is 0 Å². The largest absolute Gasteiger partial charge is 0.547 e. The highest BCUT2D eigenvalue weighted by molar-refractivity contribution is 6.69. The first-order valence-corrected chi connectivity index (χ1v) is 8.69. The van der Waals surface area contributed by atoms with Gasteiger partial charge in [-0.2, -0.15) is 0 Å². The quantitative estimate of drug-likeness (QED) is 0.382. The molecular weight excluding hydrogens is 208 g/mol. The SMILES string of the molecule is CCOC=CC(=CO[Si](C)(C)C)OCC. The van der Waals surface area contributed by atoms with Gasteiger partial charge in [-0.05, 0) is 33.5 Å². The summed E-state index contributed by atoms with van der Waals surface area (Å²) >= 11 is 0. The lowest BCUT2D eigenvalue weighted by molar-refractivity contribution is 0.224. The van der Waals surface area contributed by atoms with Gasteiger partial charge in [0.1, 0.15) is 6.26 Å². The molecular formula is C11H22O3Si. The highest BCUT2D eigenvalue weighted by atomic mass is 28.4. The lowest BCUT2D eigenvalue weighted by atomic mass is 10.5. The molecule has 15 heavy (non-hydrogen) atoms. The maximum atomic E-state index is 5.62. The normalized spacial score (nSPS) is 13.0. The Morgan fingerprint density at radius 1 is 1.13 bits per heavy atom. The molecule has 0 rings (SSSR count). The molecule has 0 bridgehead atoms. The summed E-state index contributed by atoms with van der Waals surface area (Å²) in [6, 6.07) is 0. The van der Waals surface area contributed by atoms with Gasteiger partial charge in [0.05, 0.1) is 19.5 Å². The summed E-state index contributed by atoms with van der Waals surface area (Å²) in [7, 11) is -1.53. The van der Waals surface area contributed by atoms with Crippen LogP contribution in [0.3, 0.4) is 0 Å². The van der Waals surface area contributed by atoms with Crippen molar-refractivity contribution < 1.29 is 13.9 Å². The smallest absolute Gasteiger partial charge is 0.241 e. The maximum Gasteiger partial charge on any atom is 0.241 e. The molecule has 0 aliphatic rings. The molecule has 0 aromatic rings. The van der Waals surface area contributed by atoms with Crippen molar-refractivity contribution in [3.8, 4) is 0 Å². The van der Waals surface area contributed by atoms with Gasteiger partial charge in [0.25, 0.3) is 0 Å². The number of rotatable bonds is 7. The molecule has 0 heterocycles. The third-order valence-corrected chi connectivity index (χ3v) is 2.16. The number of allylic oxidation sites excluding steroid dienone is 1. The van der Waals surface area contributed by atoms with Crippen molar-refractivity contribution in [1.29, 1.82) is 0 Å². The summed E-state index contributed by atoms with van der Waals surface area (Å²) < 4.78 is 16.1. The van der Waals surface area contributed by atoms with Gasteiger partial charge in [-0.1, -0.05) is 0 Å². The van der Waals surface area contributed by atoms with Crippen molar-refractivity contribution in [2.24, 2.45) is 0 Å². The molecule has 0 aromatic carbocycles. The molecule has 0 spiro atoms. The average molecular weight is 230 g/mol. The van der Waals surface area contributed by atoms with E-state index in [0.717, 1.165) is 0 Å². The van der Waals surface area contributed by atoms with Crippen LogP contribution in [0.1, 0.15) is 13.8 Å². The van der Waals surface area contributed by atoms with Crippen LogP contribution in [0.25, 0.3) is 0 Å². The van der Waals surface area contributed by atoms with Crippen LogP contribution in [0.2, 0.25) is 19.6 Å². The molecule has 3 nitrogen and oxygen atoms in total. The van der Waals surface area contributed by atoms with E-state index >= 15 is 0 Å². The second kappa shape index (κ2) is 7.40. The third kappa shape index (κ3) is 9.40. The van der Waals surface area contributed by atoms with Crippen molar-refractivity contribution >= 4 is 8.32 Å². The Hall–Kier alpha value is -0.903. The van der Waals surface area contributed by atoms with Gasteiger partial charge >= 0.3 is 0 Å². The number of ether oxygens (including phenoxy) is 2. The molecule has 0 unspecified atom stereocenters. The molecule has 0 atom stereocenters. The van der Waals surface area contributed by atoms with Crippen molar-refractivity contribution in [2.75, 3.05) is 13.2 Å². The summed E-state index contributed by atoms with van der Waals surface area (Å²) in [6.45, 7) is 11.5. The standard InChI is InChI=1S/C11H22O3Si/c1-6-12-9-8-11(13-7-2)10-14-15(3,4)5/h8-10H,6-7H2,1-5H3. The van der Waals surface area contributed by atoms with Gasteiger partial charge in [-0.25, -0.2) is 0 Å². The zero-order chi connectivity index (χ0) is 11.7. The van der Waals surface area contributed by atoms with Crippen LogP contribution in [0.15, 0.2) is 24.4 Å². The molecule has 0 aliphatic heterocycles. The monoisotopic (exact) mass is 230 g/mol. The Morgan fingerprint density at radius 3 is 2.27 bits per heavy atom. The van der Waals surface area contributed by atoms with Gasteiger partial charge < -0.3 is 13.9 Å². The summed E-state index contributed by atoms with van der Waals surface area (Å²) in [5.41, 5.74) is 0. The molecule has 0 saturated carbocycles. The fourth-order valence-electron chi connectivity index (χ4n) is 0.734. The highest BCUT2D eigenvalue weighted by Crippen LogP contribution is 2.07. The fourth-order valence-corrected chi connectivity index (χ4v) is 1.20. The third-order valence-electron chi connectivity index (χ3n) is 1.33. The molecule has 0 N–H and O–H groups in total. The van der Waals surface area contributed by atoms with E-state index in [9.17, 15) is 0 Å². The second-order valence-electron chi connectivity index (χ2n) is 3.94. The van der Waals surface area contributed by atoms with E-state index in [2.05, 4.69) is 19.6 Å². The van der Waals surface area contributed by atoms with Crippen LogP contribution < -0.4 is 0 Å². The summed E-state index contributed by atoms with van der Waals surface area (Å²) in [5, 5.41) is 0. The number of hydrogen-bond donors (Lipinski definition) is 0. The molecule has 0 amide bonds. The Morgan fingerprint density at radius 2 is 1.80 bits per heavy atom. The first-order chi connectivity index (χ1) is 6.99. The maximum absolute atomic E-state index is 5.62. The minimum Gasteiger partial charge on any atom is -0.547 e. The van der Waals surface area contributed by atoms with E-state index in [-0.39, 0.29) is 0 Å². The van der Waals surface area contributed by atoms with E-state index in [0.29, 0.717) is 19.0 Å². The summed E-state index contributed by atoms with van der Waals surface area (Å²) in [4.78, 5) is 0. The van der Waals surface area contributed by atoms with E-state index < -0.39 is 8.32 Å². The van der Waals surface area contributed by atoms with Crippen LogP contribution in [-0.4, -0.2) is 21.5 Å². The zero-order valence-corrected chi connectivity index (χ0v) is 11.4. The van der Waals surface area contributed by atoms with E-state index in [1.807, 2.05) is 13.8 Å². The second-order valence-corrected chi connectivity index (χ2v) is 8.40. The molecule has 0 aliphatic carbocycles. The molecule has 0 saturated heterocycles. The topological polar surface area (TPSA) is 27.7 Å². The lowest BCUT2D eigenvalue weighted by Crippen LogP contribution is -2.22. The summed E-state index contributed by atoms with van der Waals surface area (Å²) in [5.74, 6) is 0.702. The molecule has 0 radical (unpaired) electrons. The molecule has 4 heteroatoms. The van der Waals surface area contributed by atoms with Crippen LogP contribution in [0, 0.1) is 0 Å². The van der Waals surface area contributed by atoms with E-state index in [1.54, 1.807) is 18.6 Å². The summed E-state index contributed by atoms with van der Waals surface area (Å²) in [6.07, 6.45) is 5.06. The van der Waals surface area contributed by atoms with Crippen LogP contribution in [-0.2, 0) is 13.9 Å². The lowest BCUT2D eigenvalue weighted by Gasteiger charge is -2.16. The van der Waals surface area contributed by atoms with Crippen molar-refractivity contribution in [2.45, 2.75) is 33.5 Å². The van der Waals surface area contributed by atoms with Crippen LogP contribution in [0.4, 0.5) is 0 Å². The zero-order valence-electron chi connectivity index (χ0n) is 10.4. The van der Waals surface area contributed by atoms with E-state index in [1.165, 1.54) is 0 Å². The van der Waals surface area contributed by atoms with Crippen molar-refractivity contribution in [3.63, 3.8) is 0 Å². The predicted molar refractivity (Wildman–Crippen MR) is 64.9 cm³/mol. The Bertz CT molecular complexity index is 216. The van der Waals surface area contributed by atoms with E-state index in [4.69, 9.17) is 13.9 Å². The van der Waals surface area contributed by atoms with Gasteiger partial charge in [0.15, 0.2) is 5.76 Å². The predicted octanol–water partition coefficient (Wildman–Crippen LogP) is 3.27. The molecule has 88 valence electrons. The minimum atomic E-state index is -1.53. The van der Waals surface area contributed by atoms with Crippen LogP contribution >= 0.6 is 0 Å². The van der Waals surface area contributed by atoms with Gasteiger partial charge in [0.2, 0.25) is 8.32 Å².